The first kappa shape index (κ1) is 26.9. The van der Waals surface area contributed by atoms with Gasteiger partial charge < -0.3 is 36.4 Å². The second-order valence-corrected chi connectivity index (χ2v) is 8.95. The fourth-order valence-electron chi connectivity index (χ4n) is 3.88. The molecule has 1 saturated heterocycles. The number of rotatable bonds is 10. The Balaban J connectivity index is 1.89. The highest BCUT2D eigenvalue weighted by atomic mass is 19.1. The summed E-state index contributed by atoms with van der Waals surface area (Å²) in [5.41, 5.74) is 5.35. The maximum absolute atomic E-state index is 14.9. The molecule has 0 saturated carbocycles. The first-order valence-corrected chi connectivity index (χ1v) is 11.6. The molecule has 3 rings (SSSR count). The zero-order valence-electron chi connectivity index (χ0n) is 20.3. The number of nitrogens with one attached hydrogen (secondary N) is 3. The van der Waals surface area contributed by atoms with Crippen molar-refractivity contribution in [3.05, 3.63) is 35.5 Å². The van der Waals surface area contributed by atoms with Crippen LogP contribution in [0.4, 0.5) is 36.7 Å². The van der Waals surface area contributed by atoms with Crippen molar-refractivity contribution in [2.75, 3.05) is 41.8 Å². The number of carbonyl (C=O) groups is 2. The maximum Gasteiger partial charge on any atom is 0.404 e. The molecule has 2 aromatic heterocycles. The van der Waals surface area contributed by atoms with Crippen LogP contribution in [0.15, 0.2) is 18.3 Å². The molecule has 1 aliphatic heterocycles. The summed E-state index contributed by atoms with van der Waals surface area (Å²) in [5.74, 6) is -2.37. The Morgan fingerprint density at radius 2 is 1.86 bits per heavy atom. The summed E-state index contributed by atoms with van der Waals surface area (Å²) in [6.45, 7) is 7.48. The van der Waals surface area contributed by atoms with Crippen molar-refractivity contribution in [3.63, 3.8) is 0 Å². The third kappa shape index (κ3) is 6.90. The molecule has 0 aliphatic carbocycles. The van der Waals surface area contributed by atoms with Crippen molar-refractivity contribution >= 4 is 35.1 Å². The van der Waals surface area contributed by atoms with Crippen LogP contribution in [0.3, 0.4) is 0 Å². The molecule has 6 N–H and O–H groups in total. The lowest BCUT2D eigenvalue weighted by Gasteiger charge is -2.28. The van der Waals surface area contributed by atoms with Crippen LogP contribution in [-0.2, 0) is 4.74 Å². The second-order valence-electron chi connectivity index (χ2n) is 8.95. The van der Waals surface area contributed by atoms with E-state index in [-0.39, 0.29) is 34.6 Å². The van der Waals surface area contributed by atoms with Gasteiger partial charge in [0.1, 0.15) is 5.82 Å². The third-order valence-corrected chi connectivity index (χ3v) is 5.64. The van der Waals surface area contributed by atoms with Crippen LogP contribution in [0.2, 0.25) is 0 Å². The lowest BCUT2D eigenvalue weighted by molar-refractivity contribution is 0.1000. The van der Waals surface area contributed by atoms with Crippen molar-refractivity contribution < 1.29 is 28.2 Å². The van der Waals surface area contributed by atoms with Crippen molar-refractivity contribution in [2.45, 2.75) is 39.3 Å². The van der Waals surface area contributed by atoms with Crippen LogP contribution in [0.25, 0.3) is 0 Å². The lowest BCUT2D eigenvalue weighted by Crippen LogP contribution is -2.45. The molecule has 0 spiro atoms. The summed E-state index contributed by atoms with van der Waals surface area (Å²) in [5, 5.41) is 17.2. The monoisotopic (exact) mass is 507 g/mol. The molecule has 196 valence electrons. The topological polar surface area (TPSA) is 155 Å². The summed E-state index contributed by atoms with van der Waals surface area (Å²) >= 11 is 0. The van der Waals surface area contributed by atoms with Crippen molar-refractivity contribution in [1.82, 2.24) is 15.3 Å². The van der Waals surface area contributed by atoms with Crippen LogP contribution in [-0.4, -0.2) is 65.5 Å². The number of carboxylic acid groups (broad SMARTS) is 1. The summed E-state index contributed by atoms with van der Waals surface area (Å²) in [7, 11) is 0. The van der Waals surface area contributed by atoms with E-state index < -0.39 is 35.7 Å². The van der Waals surface area contributed by atoms with E-state index in [0.29, 0.717) is 32.7 Å². The second kappa shape index (κ2) is 11.8. The van der Waals surface area contributed by atoms with Crippen LogP contribution in [0, 0.1) is 17.6 Å². The lowest BCUT2D eigenvalue weighted by atomic mass is 9.98. The molecule has 0 radical (unpaired) electrons. The first-order chi connectivity index (χ1) is 17.0. The standard InChI is InChI=1S/C23H31F2N7O4/c1-12(2)8-18(13(3)28-23(34)35)30-21-16(24)10-15(19(26)33)20(31-21)29-14-9-17(25)22(27-11-14)32-4-6-36-7-5-32/h9-13,18,28H,4-8H2,1-3H3,(H2,26,33)(H,34,35)(H2,29,30,31)/t13-,18-/m0/s1. The average Bonchev–Trinajstić information content (AvgIpc) is 2.80. The highest BCUT2D eigenvalue weighted by molar-refractivity contribution is 5.98. The van der Waals surface area contributed by atoms with Crippen molar-refractivity contribution in [1.29, 1.82) is 0 Å². The number of hydrogen-bond acceptors (Lipinski definition) is 8. The fourth-order valence-corrected chi connectivity index (χ4v) is 3.88. The van der Waals surface area contributed by atoms with Gasteiger partial charge in [0.2, 0.25) is 0 Å². The van der Waals surface area contributed by atoms with Crippen molar-refractivity contribution in [2.24, 2.45) is 11.7 Å². The van der Waals surface area contributed by atoms with Crippen LogP contribution in [0.1, 0.15) is 37.6 Å². The van der Waals surface area contributed by atoms with Gasteiger partial charge in [-0.05, 0) is 25.3 Å². The predicted molar refractivity (Wildman–Crippen MR) is 131 cm³/mol. The van der Waals surface area contributed by atoms with Gasteiger partial charge in [-0.25, -0.2) is 23.5 Å². The molecular formula is C23H31F2N7O4. The molecule has 13 heteroatoms. The molecule has 36 heavy (non-hydrogen) atoms. The number of carbonyl (C=O) groups excluding carboxylic acids is 1. The highest BCUT2D eigenvalue weighted by Gasteiger charge is 2.24. The normalized spacial score (nSPS) is 15.3. The first-order valence-electron chi connectivity index (χ1n) is 11.6. The smallest absolute Gasteiger partial charge is 0.404 e. The van der Waals surface area contributed by atoms with E-state index >= 15 is 0 Å². The van der Waals surface area contributed by atoms with E-state index in [9.17, 15) is 18.4 Å². The van der Waals surface area contributed by atoms with E-state index in [1.54, 1.807) is 11.8 Å². The van der Waals surface area contributed by atoms with Crippen LogP contribution in [0.5, 0.6) is 0 Å². The van der Waals surface area contributed by atoms with E-state index in [2.05, 4.69) is 25.9 Å². The van der Waals surface area contributed by atoms with E-state index in [0.717, 1.165) is 6.07 Å². The Hall–Kier alpha value is -3.74. The molecule has 0 aromatic carbocycles. The Labute approximate surface area is 207 Å². The number of aromatic nitrogens is 2. The number of ether oxygens (including phenoxy) is 1. The predicted octanol–water partition coefficient (Wildman–Crippen LogP) is 2.92. The van der Waals surface area contributed by atoms with E-state index in [1.807, 2.05) is 13.8 Å². The number of anilines is 4. The number of nitrogens with zero attached hydrogens (tertiary/aromatic N) is 3. The number of hydrogen-bond donors (Lipinski definition) is 5. The number of halogens is 2. The number of primary amides is 1. The van der Waals surface area contributed by atoms with Gasteiger partial charge in [-0.1, -0.05) is 13.8 Å². The Morgan fingerprint density at radius 3 is 2.44 bits per heavy atom. The van der Waals surface area contributed by atoms with Crippen LogP contribution < -0.4 is 26.6 Å². The minimum absolute atomic E-state index is 0.103. The minimum atomic E-state index is -1.21. The zero-order chi connectivity index (χ0) is 26.4. The van der Waals surface area contributed by atoms with Gasteiger partial charge >= 0.3 is 6.09 Å². The van der Waals surface area contributed by atoms with Crippen LogP contribution >= 0.6 is 0 Å². The maximum atomic E-state index is 14.9. The third-order valence-electron chi connectivity index (χ3n) is 5.64. The number of amides is 2. The van der Waals surface area contributed by atoms with Gasteiger partial charge in [0.25, 0.3) is 5.91 Å². The SMILES string of the molecule is CC(C)C[C@H](Nc1nc(Nc2cnc(N3CCOCC3)c(F)c2)c(C(N)=O)cc1F)[C@H](C)NC(=O)O. The molecule has 11 nitrogen and oxygen atoms in total. The quantitative estimate of drug-likeness (QED) is 0.326. The number of morpholine rings is 1. The summed E-state index contributed by atoms with van der Waals surface area (Å²) in [6, 6.07) is 1.03. The van der Waals surface area contributed by atoms with E-state index in [4.69, 9.17) is 15.6 Å². The fraction of sp³-hybridized carbons (Fsp3) is 0.478. The molecule has 0 unspecified atom stereocenters. The van der Waals surface area contributed by atoms with Gasteiger partial charge in [0.05, 0.1) is 30.7 Å². The zero-order valence-corrected chi connectivity index (χ0v) is 20.3. The van der Waals surface area contributed by atoms with Gasteiger partial charge in [-0.3, -0.25) is 4.79 Å². The average molecular weight is 508 g/mol. The summed E-state index contributed by atoms with van der Waals surface area (Å²) in [4.78, 5) is 33.2. The van der Waals surface area contributed by atoms with Gasteiger partial charge in [0, 0.05) is 31.2 Å². The molecule has 3 heterocycles. The molecule has 1 fully saturated rings. The number of nitrogens with two attached hydrogens (primary N) is 1. The Kier molecular flexibility index (Phi) is 8.80. The highest BCUT2D eigenvalue weighted by Crippen LogP contribution is 2.27. The van der Waals surface area contributed by atoms with Crippen molar-refractivity contribution in [3.8, 4) is 0 Å². The Bertz CT molecular complexity index is 1100. The molecule has 0 bridgehead atoms. The summed E-state index contributed by atoms with van der Waals surface area (Å²) in [6.07, 6.45) is 0.658. The molecule has 1 aliphatic rings. The minimum Gasteiger partial charge on any atom is -0.465 e. The summed E-state index contributed by atoms with van der Waals surface area (Å²) < 4.78 is 35.0. The molecule has 2 aromatic rings. The van der Waals surface area contributed by atoms with Gasteiger partial charge in [0.15, 0.2) is 23.3 Å². The van der Waals surface area contributed by atoms with E-state index in [1.165, 1.54) is 12.3 Å². The van der Waals surface area contributed by atoms with Gasteiger partial charge in [-0.15, -0.1) is 0 Å². The number of pyridine rings is 2. The molecular weight excluding hydrogens is 476 g/mol. The molecule has 2 amide bonds. The van der Waals surface area contributed by atoms with Gasteiger partial charge in [-0.2, -0.15) is 0 Å². The Morgan fingerprint density at radius 1 is 1.17 bits per heavy atom. The molecule has 2 atom stereocenters. The largest absolute Gasteiger partial charge is 0.465 e.